The van der Waals surface area contributed by atoms with Crippen LogP contribution in [0.1, 0.15) is 44.6 Å². The number of aromatic amines is 1. The van der Waals surface area contributed by atoms with Crippen molar-refractivity contribution >= 4 is 11.6 Å². The van der Waals surface area contributed by atoms with E-state index in [2.05, 4.69) is 4.98 Å². The summed E-state index contributed by atoms with van der Waals surface area (Å²) in [6.07, 6.45) is 2.93. The van der Waals surface area contributed by atoms with Gasteiger partial charge < -0.3 is 4.74 Å². The van der Waals surface area contributed by atoms with E-state index in [1.54, 1.807) is 7.11 Å². The Morgan fingerprint density at radius 3 is 2.55 bits per heavy atom. The quantitative estimate of drug-likeness (QED) is 0.819. The first-order chi connectivity index (χ1) is 9.40. The van der Waals surface area contributed by atoms with Crippen LogP contribution in [0.4, 0.5) is 0 Å². The van der Waals surface area contributed by atoms with Gasteiger partial charge in [0.05, 0.1) is 5.56 Å². The van der Waals surface area contributed by atoms with Gasteiger partial charge in [-0.15, -0.1) is 0 Å². The number of methoxy groups -OCH3 is 1. The van der Waals surface area contributed by atoms with Crippen LogP contribution in [-0.4, -0.2) is 23.3 Å². The molecule has 1 aliphatic carbocycles. The maximum Gasteiger partial charge on any atom is 0.329 e. The molecule has 1 aliphatic rings. The molecule has 0 amide bonds. The number of nitrogens with one attached hydrogen (secondary N) is 1. The van der Waals surface area contributed by atoms with Gasteiger partial charge in [-0.1, -0.05) is 25.4 Å². The highest BCUT2D eigenvalue weighted by Gasteiger charge is 2.43. The Hall–Kier alpha value is -1.07. The van der Waals surface area contributed by atoms with Crippen LogP contribution in [0.5, 0.6) is 0 Å². The van der Waals surface area contributed by atoms with E-state index in [0.29, 0.717) is 18.7 Å². The van der Waals surface area contributed by atoms with E-state index in [1.165, 1.54) is 4.57 Å². The Morgan fingerprint density at radius 1 is 1.40 bits per heavy atom. The molecule has 1 aromatic heterocycles. The van der Waals surface area contributed by atoms with Crippen LogP contribution in [-0.2, 0) is 11.3 Å². The fourth-order valence-electron chi connectivity index (χ4n) is 2.52. The van der Waals surface area contributed by atoms with Crippen LogP contribution in [0.2, 0.25) is 5.15 Å². The van der Waals surface area contributed by atoms with E-state index in [9.17, 15) is 9.59 Å². The van der Waals surface area contributed by atoms with Crippen molar-refractivity contribution in [3.8, 4) is 0 Å². The topological polar surface area (TPSA) is 64.1 Å². The molecule has 1 fully saturated rings. The number of hydrogen-bond acceptors (Lipinski definition) is 3. The fraction of sp³-hybridized carbons (Fsp3) is 0.714. The molecule has 0 aliphatic heterocycles. The van der Waals surface area contributed by atoms with Gasteiger partial charge in [-0.25, -0.2) is 4.79 Å². The molecule has 5 nitrogen and oxygen atoms in total. The number of nitrogens with zero attached hydrogens (tertiary/aromatic N) is 1. The summed E-state index contributed by atoms with van der Waals surface area (Å²) in [6.45, 7) is 4.88. The molecule has 0 radical (unpaired) electrons. The summed E-state index contributed by atoms with van der Waals surface area (Å²) in [5, 5.41) is 0.160. The molecule has 0 saturated heterocycles. The summed E-state index contributed by atoms with van der Waals surface area (Å²) in [6, 6.07) is 0. The lowest BCUT2D eigenvalue weighted by Gasteiger charge is -2.17. The first kappa shape index (κ1) is 15.3. The third-order valence-corrected chi connectivity index (χ3v) is 4.34. The van der Waals surface area contributed by atoms with Crippen molar-refractivity contribution in [2.45, 2.75) is 45.6 Å². The molecule has 0 bridgehead atoms. The molecular formula is C14H21ClN2O3. The van der Waals surface area contributed by atoms with Crippen molar-refractivity contribution in [2.24, 2.45) is 5.41 Å². The van der Waals surface area contributed by atoms with Crippen molar-refractivity contribution < 1.29 is 4.74 Å². The van der Waals surface area contributed by atoms with E-state index in [-0.39, 0.29) is 22.0 Å². The third kappa shape index (κ3) is 2.99. The van der Waals surface area contributed by atoms with E-state index in [4.69, 9.17) is 16.3 Å². The van der Waals surface area contributed by atoms with Crippen LogP contribution >= 0.6 is 11.6 Å². The monoisotopic (exact) mass is 300 g/mol. The Labute approximate surface area is 122 Å². The van der Waals surface area contributed by atoms with E-state index in [0.717, 1.165) is 19.3 Å². The number of halogens is 1. The Morgan fingerprint density at radius 2 is 2.05 bits per heavy atom. The molecule has 0 spiro atoms. The zero-order chi connectivity index (χ0) is 14.9. The second-order valence-corrected chi connectivity index (χ2v) is 6.32. The van der Waals surface area contributed by atoms with Gasteiger partial charge in [-0.05, 0) is 30.6 Å². The van der Waals surface area contributed by atoms with E-state index in [1.807, 2.05) is 13.8 Å². The summed E-state index contributed by atoms with van der Waals surface area (Å²) in [5.41, 5.74) is -0.172. The van der Waals surface area contributed by atoms with Crippen molar-refractivity contribution in [1.29, 1.82) is 0 Å². The predicted molar refractivity (Wildman–Crippen MR) is 78.6 cm³/mol. The highest BCUT2D eigenvalue weighted by atomic mass is 35.5. The Kier molecular flexibility index (Phi) is 4.39. The summed E-state index contributed by atoms with van der Waals surface area (Å²) in [7, 11) is 1.66. The minimum Gasteiger partial charge on any atom is -0.385 e. The Bertz CT molecular complexity index is 599. The number of aromatic nitrogens is 2. The van der Waals surface area contributed by atoms with Gasteiger partial charge >= 0.3 is 5.69 Å². The molecule has 20 heavy (non-hydrogen) atoms. The highest BCUT2D eigenvalue weighted by molar-refractivity contribution is 6.30. The first-order valence-corrected chi connectivity index (χ1v) is 7.29. The zero-order valence-electron chi connectivity index (χ0n) is 12.2. The summed E-state index contributed by atoms with van der Waals surface area (Å²) in [5.74, 6) is -0.0211. The lowest BCUT2D eigenvalue weighted by Crippen LogP contribution is -2.40. The molecule has 1 aromatic rings. The highest BCUT2D eigenvalue weighted by Crippen LogP contribution is 2.49. The summed E-state index contributed by atoms with van der Waals surface area (Å²) < 4.78 is 6.40. The molecule has 1 heterocycles. The summed E-state index contributed by atoms with van der Waals surface area (Å²) in [4.78, 5) is 27.0. The number of rotatable bonds is 6. The van der Waals surface area contributed by atoms with Crippen LogP contribution in [0.15, 0.2) is 9.59 Å². The van der Waals surface area contributed by atoms with E-state index < -0.39 is 5.69 Å². The van der Waals surface area contributed by atoms with Gasteiger partial charge in [-0.2, -0.15) is 0 Å². The molecular weight excluding hydrogens is 280 g/mol. The van der Waals surface area contributed by atoms with Crippen LogP contribution in [0.25, 0.3) is 0 Å². The molecule has 6 heteroatoms. The molecule has 2 rings (SSSR count). The molecule has 1 N–H and O–H groups in total. The number of H-pyrrole nitrogens is 1. The zero-order valence-corrected chi connectivity index (χ0v) is 12.9. The normalized spacial score (nSPS) is 16.6. The van der Waals surface area contributed by atoms with Gasteiger partial charge in [0.2, 0.25) is 0 Å². The lowest BCUT2D eigenvalue weighted by molar-refractivity contribution is 0.166. The largest absolute Gasteiger partial charge is 0.385 e. The van der Waals surface area contributed by atoms with Crippen molar-refractivity contribution in [1.82, 2.24) is 9.55 Å². The van der Waals surface area contributed by atoms with E-state index >= 15 is 0 Å². The van der Waals surface area contributed by atoms with Gasteiger partial charge in [0.25, 0.3) is 5.56 Å². The predicted octanol–water partition coefficient (Wildman–Crippen LogP) is 2.13. The number of ether oxygens (including phenoxy) is 1. The molecule has 112 valence electrons. The van der Waals surface area contributed by atoms with Gasteiger partial charge in [0.15, 0.2) is 0 Å². The fourth-order valence-corrected chi connectivity index (χ4v) is 2.90. The van der Waals surface area contributed by atoms with Gasteiger partial charge in [0, 0.05) is 20.3 Å². The smallest absolute Gasteiger partial charge is 0.329 e. The van der Waals surface area contributed by atoms with Crippen molar-refractivity contribution in [3.63, 3.8) is 0 Å². The number of hydrogen-bond donors (Lipinski definition) is 1. The third-order valence-electron chi connectivity index (χ3n) is 4.04. The first-order valence-electron chi connectivity index (χ1n) is 6.92. The van der Waals surface area contributed by atoms with Crippen molar-refractivity contribution in [3.05, 3.63) is 31.6 Å². The summed E-state index contributed by atoms with van der Waals surface area (Å²) >= 11 is 5.98. The van der Waals surface area contributed by atoms with Crippen molar-refractivity contribution in [2.75, 3.05) is 13.7 Å². The molecule has 0 aromatic carbocycles. The van der Waals surface area contributed by atoms with Gasteiger partial charge in [-0.3, -0.25) is 14.3 Å². The maximum atomic E-state index is 12.5. The molecule has 1 saturated carbocycles. The van der Waals surface area contributed by atoms with Crippen LogP contribution < -0.4 is 11.2 Å². The Balaban J connectivity index is 2.36. The standard InChI is InChI=1S/C14H21ClN2O3/c1-9(2)10-11(15)16-13(19)17(12(10)18)8-14(4-5-14)6-7-20-3/h9H,4-8H2,1-3H3,(H,16,19). The molecule has 0 unspecified atom stereocenters. The lowest BCUT2D eigenvalue weighted by atomic mass is 10.0. The minimum atomic E-state index is -0.423. The van der Waals surface area contributed by atoms with Crippen LogP contribution in [0, 0.1) is 5.41 Å². The second kappa shape index (κ2) is 5.74. The average Bonchev–Trinajstić information content (AvgIpc) is 3.12. The minimum absolute atomic E-state index is 0.0211. The SMILES string of the molecule is COCCC1(Cn2c(=O)[nH]c(Cl)c(C(C)C)c2=O)CC1. The second-order valence-electron chi connectivity index (χ2n) is 5.95. The maximum absolute atomic E-state index is 12.5. The van der Waals surface area contributed by atoms with Gasteiger partial charge in [0.1, 0.15) is 5.15 Å². The average molecular weight is 301 g/mol. The van der Waals surface area contributed by atoms with Crippen LogP contribution in [0.3, 0.4) is 0 Å². The molecule has 0 atom stereocenters.